The van der Waals surface area contributed by atoms with Crippen molar-refractivity contribution in [3.8, 4) is 0 Å². The molecule has 2 heterocycles. The van der Waals surface area contributed by atoms with Crippen molar-refractivity contribution in [3.05, 3.63) is 18.0 Å². The van der Waals surface area contributed by atoms with Gasteiger partial charge in [0.1, 0.15) is 0 Å². The average Bonchev–Trinajstić information content (AvgIpc) is 2.89. The maximum atomic E-state index is 5.91. The monoisotopic (exact) mass is 235 g/mol. The molecule has 17 heavy (non-hydrogen) atoms. The van der Waals surface area contributed by atoms with E-state index in [1.54, 1.807) is 0 Å². The number of rotatable bonds is 5. The summed E-state index contributed by atoms with van der Waals surface area (Å²) in [4.78, 5) is 6.51. The van der Waals surface area contributed by atoms with E-state index in [2.05, 4.69) is 35.0 Å². The Hall–Kier alpha value is -1.52. The summed E-state index contributed by atoms with van der Waals surface area (Å²) in [7, 11) is 0. The Morgan fingerprint density at radius 3 is 2.82 bits per heavy atom. The van der Waals surface area contributed by atoms with Crippen molar-refractivity contribution in [3.63, 3.8) is 0 Å². The van der Waals surface area contributed by atoms with Gasteiger partial charge in [-0.3, -0.25) is 9.67 Å². The van der Waals surface area contributed by atoms with Crippen molar-refractivity contribution in [2.45, 2.75) is 39.3 Å². The van der Waals surface area contributed by atoms with Crippen molar-refractivity contribution in [2.75, 3.05) is 13.1 Å². The molecule has 0 bridgehead atoms. The molecule has 5 nitrogen and oxygen atoms in total. The van der Waals surface area contributed by atoms with Gasteiger partial charge >= 0.3 is 0 Å². The smallest absolute Gasteiger partial charge is 0.191 e. The lowest BCUT2D eigenvalue weighted by molar-refractivity contribution is 0.347. The van der Waals surface area contributed by atoms with E-state index in [1.807, 2.05) is 10.9 Å². The van der Waals surface area contributed by atoms with E-state index in [9.17, 15) is 0 Å². The normalized spacial score (nSPS) is 19.8. The van der Waals surface area contributed by atoms with E-state index in [-0.39, 0.29) is 6.04 Å². The van der Waals surface area contributed by atoms with Crippen molar-refractivity contribution in [2.24, 2.45) is 10.7 Å². The number of aryl methyl sites for hydroxylation is 1. The van der Waals surface area contributed by atoms with Crippen LogP contribution in [0.2, 0.25) is 0 Å². The Bertz CT molecular complexity index is 395. The molecule has 0 fully saturated rings. The number of nitrogens with zero attached hydrogens (tertiary/aromatic N) is 4. The summed E-state index contributed by atoms with van der Waals surface area (Å²) in [5.41, 5.74) is 7.13. The van der Waals surface area contributed by atoms with Crippen LogP contribution in [-0.2, 0) is 6.54 Å². The first kappa shape index (κ1) is 12.0. The Morgan fingerprint density at radius 2 is 2.12 bits per heavy atom. The highest BCUT2D eigenvalue weighted by molar-refractivity contribution is 5.80. The van der Waals surface area contributed by atoms with Crippen LogP contribution in [0, 0.1) is 0 Å². The van der Waals surface area contributed by atoms with Gasteiger partial charge in [0.2, 0.25) is 0 Å². The molecule has 5 heteroatoms. The minimum absolute atomic E-state index is 0.278. The molecule has 0 spiro atoms. The van der Waals surface area contributed by atoms with Crippen LogP contribution in [-0.4, -0.2) is 33.7 Å². The standard InChI is InChI=1S/C12H21N5/c1-3-5-16-9-10(7-15-16)11-8-14-12(13)17(11)6-4-2/h7,9,11H,3-6,8H2,1-2H3,(H2,13,14). The fourth-order valence-corrected chi connectivity index (χ4v) is 2.23. The zero-order valence-corrected chi connectivity index (χ0v) is 10.6. The first-order valence-electron chi connectivity index (χ1n) is 6.35. The maximum absolute atomic E-state index is 5.91. The summed E-state index contributed by atoms with van der Waals surface area (Å²) < 4.78 is 1.99. The predicted molar refractivity (Wildman–Crippen MR) is 68.7 cm³/mol. The molecule has 1 aliphatic heterocycles. The summed E-state index contributed by atoms with van der Waals surface area (Å²) in [6.07, 6.45) is 6.24. The molecule has 0 saturated carbocycles. The lowest BCUT2D eigenvalue weighted by Gasteiger charge is -2.24. The van der Waals surface area contributed by atoms with Crippen molar-refractivity contribution >= 4 is 5.96 Å². The highest BCUT2D eigenvalue weighted by atomic mass is 15.3. The largest absolute Gasteiger partial charge is 0.370 e. The Balaban J connectivity index is 2.10. The quantitative estimate of drug-likeness (QED) is 0.838. The summed E-state index contributed by atoms with van der Waals surface area (Å²) in [6, 6.07) is 0.278. The zero-order valence-electron chi connectivity index (χ0n) is 10.6. The minimum atomic E-state index is 0.278. The fourth-order valence-electron chi connectivity index (χ4n) is 2.23. The molecule has 1 atom stereocenters. The van der Waals surface area contributed by atoms with E-state index >= 15 is 0 Å². The van der Waals surface area contributed by atoms with Gasteiger partial charge in [0.05, 0.1) is 18.8 Å². The van der Waals surface area contributed by atoms with Crippen LogP contribution < -0.4 is 5.73 Å². The second-order valence-corrected chi connectivity index (χ2v) is 4.44. The van der Waals surface area contributed by atoms with Crippen LogP contribution >= 0.6 is 0 Å². The molecule has 2 rings (SSSR count). The molecule has 1 aromatic rings. The van der Waals surface area contributed by atoms with E-state index in [1.165, 1.54) is 5.56 Å². The van der Waals surface area contributed by atoms with E-state index in [0.29, 0.717) is 5.96 Å². The summed E-state index contributed by atoms with van der Waals surface area (Å²) in [5.74, 6) is 0.667. The molecule has 0 amide bonds. The SMILES string of the molecule is CCCN1C(N)=NCC1c1cnn(CCC)c1. The van der Waals surface area contributed by atoms with Crippen LogP contribution in [0.25, 0.3) is 0 Å². The average molecular weight is 235 g/mol. The molecule has 2 N–H and O–H groups in total. The van der Waals surface area contributed by atoms with Gasteiger partial charge in [0.15, 0.2) is 5.96 Å². The number of guanidine groups is 1. The van der Waals surface area contributed by atoms with Crippen LogP contribution in [0.4, 0.5) is 0 Å². The fraction of sp³-hybridized carbons (Fsp3) is 0.667. The maximum Gasteiger partial charge on any atom is 0.191 e. The number of hydrogen-bond donors (Lipinski definition) is 1. The van der Waals surface area contributed by atoms with Gasteiger partial charge in [-0.1, -0.05) is 13.8 Å². The van der Waals surface area contributed by atoms with Gasteiger partial charge in [-0.15, -0.1) is 0 Å². The summed E-state index contributed by atoms with van der Waals surface area (Å²) >= 11 is 0. The molecule has 1 unspecified atom stereocenters. The number of aromatic nitrogens is 2. The van der Waals surface area contributed by atoms with Crippen molar-refractivity contribution in [1.82, 2.24) is 14.7 Å². The van der Waals surface area contributed by atoms with Gasteiger partial charge in [-0.2, -0.15) is 5.10 Å². The summed E-state index contributed by atoms with van der Waals surface area (Å²) in [5, 5.41) is 4.37. The topological polar surface area (TPSA) is 59.4 Å². The first-order valence-corrected chi connectivity index (χ1v) is 6.35. The Morgan fingerprint density at radius 1 is 1.35 bits per heavy atom. The van der Waals surface area contributed by atoms with Crippen LogP contribution in [0.15, 0.2) is 17.4 Å². The van der Waals surface area contributed by atoms with Gasteiger partial charge in [-0.05, 0) is 12.8 Å². The first-order chi connectivity index (χ1) is 8.26. The molecule has 1 aromatic heterocycles. The Labute approximate surface area is 102 Å². The number of nitrogens with two attached hydrogens (primary N) is 1. The summed E-state index contributed by atoms with van der Waals surface area (Å²) in [6.45, 7) is 6.99. The van der Waals surface area contributed by atoms with Crippen LogP contribution in [0.3, 0.4) is 0 Å². The molecule has 0 saturated heterocycles. The van der Waals surface area contributed by atoms with Crippen LogP contribution in [0.1, 0.15) is 38.3 Å². The molecule has 0 aromatic carbocycles. The molecular weight excluding hydrogens is 214 g/mol. The van der Waals surface area contributed by atoms with Gasteiger partial charge in [0, 0.05) is 24.8 Å². The third kappa shape index (κ3) is 2.43. The highest BCUT2D eigenvalue weighted by Gasteiger charge is 2.27. The van der Waals surface area contributed by atoms with Gasteiger partial charge in [0.25, 0.3) is 0 Å². The third-order valence-electron chi connectivity index (χ3n) is 3.05. The van der Waals surface area contributed by atoms with Gasteiger partial charge in [-0.25, -0.2) is 0 Å². The van der Waals surface area contributed by atoms with Crippen LogP contribution in [0.5, 0.6) is 0 Å². The third-order valence-corrected chi connectivity index (χ3v) is 3.05. The lowest BCUT2D eigenvalue weighted by Crippen LogP contribution is -2.36. The number of hydrogen-bond acceptors (Lipinski definition) is 4. The lowest BCUT2D eigenvalue weighted by atomic mass is 10.1. The molecule has 0 radical (unpaired) electrons. The highest BCUT2D eigenvalue weighted by Crippen LogP contribution is 2.25. The minimum Gasteiger partial charge on any atom is -0.370 e. The molecule has 1 aliphatic rings. The van der Waals surface area contributed by atoms with E-state index < -0.39 is 0 Å². The molecular formula is C12H21N5. The van der Waals surface area contributed by atoms with E-state index in [4.69, 9.17) is 5.73 Å². The second kappa shape index (κ2) is 5.21. The second-order valence-electron chi connectivity index (χ2n) is 4.44. The van der Waals surface area contributed by atoms with Crippen molar-refractivity contribution < 1.29 is 0 Å². The van der Waals surface area contributed by atoms with Gasteiger partial charge < -0.3 is 10.6 Å². The van der Waals surface area contributed by atoms with E-state index in [0.717, 1.165) is 32.5 Å². The Kier molecular flexibility index (Phi) is 3.66. The van der Waals surface area contributed by atoms with Crippen molar-refractivity contribution in [1.29, 1.82) is 0 Å². The predicted octanol–water partition coefficient (Wildman–Crippen LogP) is 1.37. The number of aliphatic imine (C=N–C) groups is 1. The zero-order chi connectivity index (χ0) is 12.3. The molecule has 0 aliphatic carbocycles. The molecule has 94 valence electrons.